The molecule has 0 aromatic heterocycles. The minimum Gasteiger partial charge on any atom is -0.496 e. The molecule has 2 amide bonds. The van der Waals surface area contributed by atoms with Gasteiger partial charge in [-0.2, -0.15) is 0 Å². The van der Waals surface area contributed by atoms with Crippen molar-refractivity contribution >= 4 is 17.5 Å². The zero-order chi connectivity index (χ0) is 19.4. The van der Waals surface area contributed by atoms with E-state index in [1.807, 2.05) is 30.3 Å². The number of hydrogen-bond acceptors (Lipinski definition) is 3. The van der Waals surface area contributed by atoms with E-state index in [2.05, 4.69) is 24.4 Å². The van der Waals surface area contributed by atoms with E-state index in [4.69, 9.17) is 4.74 Å². The summed E-state index contributed by atoms with van der Waals surface area (Å²) in [6.45, 7) is 4.00. The van der Waals surface area contributed by atoms with E-state index in [9.17, 15) is 9.59 Å². The van der Waals surface area contributed by atoms with Crippen molar-refractivity contribution in [2.45, 2.75) is 45.7 Å². The lowest BCUT2D eigenvalue weighted by Crippen LogP contribution is -2.36. The number of carbonyl (C=O) groups excluding carboxylic acids is 2. The molecule has 0 fully saturated rings. The van der Waals surface area contributed by atoms with Gasteiger partial charge in [0.15, 0.2) is 0 Å². The van der Waals surface area contributed by atoms with Crippen LogP contribution < -0.4 is 15.0 Å². The highest BCUT2D eigenvalue weighted by Gasteiger charge is 2.38. The number of hydrogen-bond donors (Lipinski definition) is 1. The highest BCUT2D eigenvalue weighted by Crippen LogP contribution is 2.38. The van der Waals surface area contributed by atoms with E-state index in [1.54, 1.807) is 12.0 Å². The van der Waals surface area contributed by atoms with Crippen LogP contribution in [0, 0.1) is 0 Å². The Morgan fingerprint density at radius 2 is 2.00 bits per heavy atom. The lowest BCUT2D eigenvalue weighted by atomic mass is 10.0. The fourth-order valence-electron chi connectivity index (χ4n) is 3.53. The number of rotatable bonds is 7. The topological polar surface area (TPSA) is 58.6 Å². The number of benzene rings is 2. The van der Waals surface area contributed by atoms with Crippen molar-refractivity contribution < 1.29 is 14.3 Å². The van der Waals surface area contributed by atoms with Crippen molar-refractivity contribution in [2.24, 2.45) is 0 Å². The molecule has 0 saturated carbocycles. The summed E-state index contributed by atoms with van der Waals surface area (Å²) in [7, 11) is 1.62. The van der Waals surface area contributed by atoms with Gasteiger partial charge in [0.1, 0.15) is 11.8 Å². The molecular weight excluding hydrogens is 340 g/mol. The fourth-order valence-corrected chi connectivity index (χ4v) is 3.53. The summed E-state index contributed by atoms with van der Waals surface area (Å²) in [6.07, 6.45) is 3.19. The Morgan fingerprint density at radius 1 is 1.22 bits per heavy atom. The van der Waals surface area contributed by atoms with Gasteiger partial charge in [0.25, 0.3) is 5.91 Å². The van der Waals surface area contributed by atoms with Crippen molar-refractivity contribution in [3.63, 3.8) is 0 Å². The Labute approximate surface area is 160 Å². The average molecular weight is 366 g/mol. The maximum absolute atomic E-state index is 13.1. The molecule has 0 bridgehead atoms. The van der Waals surface area contributed by atoms with Crippen LogP contribution in [-0.4, -0.2) is 18.9 Å². The van der Waals surface area contributed by atoms with Crippen LogP contribution >= 0.6 is 0 Å². The summed E-state index contributed by atoms with van der Waals surface area (Å²) >= 11 is 0. The van der Waals surface area contributed by atoms with Gasteiger partial charge >= 0.3 is 0 Å². The van der Waals surface area contributed by atoms with Crippen LogP contribution in [0.2, 0.25) is 0 Å². The second-order valence-corrected chi connectivity index (χ2v) is 6.87. The third kappa shape index (κ3) is 3.97. The minimum absolute atomic E-state index is 0.112. The molecule has 142 valence electrons. The molecule has 1 heterocycles. The van der Waals surface area contributed by atoms with Gasteiger partial charge in [0, 0.05) is 23.7 Å². The van der Waals surface area contributed by atoms with Crippen molar-refractivity contribution in [1.82, 2.24) is 5.32 Å². The summed E-state index contributed by atoms with van der Waals surface area (Å²) < 4.78 is 5.43. The molecular formula is C22H26N2O3. The summed E-state index contributed by atoms with van der Waals surface area (Å²) in [6, 6.07) is 13.2. The third-order valence-corrected chi connectivity index (χ3v) is 4.89. The lowest BCUT2D eigenvalue weighted by Gasteiger charge is -2.19. The first kappa shape index (κ1) is 19.0. The van der Waals surface area contributed by atoms with Crippen LogP contribution in [0.1, 0.15) is 49.4 Å². The van der Waals surface area contributed by atoms with Crippen LogP contribution in [-0.2, 0) is 22.6 Å². The number of carbonyl (C=O) groups is 2. The van der Waals surface area contributed by atoms with E-state index < -0.39 is 6.04 Å². The Morgan fingerprint density at radius 3 is 2.70 bits per heavy atom. The summed E-state index contributed by atoms with van der Waals surface area (Å²) in [5.74, 6) is 0.422. The molecule has 1 aliphatic heterocycles. The van der Waals surface area contributed by atoms with E-state index >= 15 is 0 Å². The van der Waals surface area contributed by atoms with Gasteiger partial charge in [-0.1, -0.05) is 43.7 Å². The Hall–Kier alpha value is -2.82. The number of unbranched alkanes of at least 4 members (excludes halogenated alkanes) is 1. The van der Waals surface area contributed by atoms with Crippen LogP contribution in [0.15, 0.2) is 42.5 Å². The number of amides is 2. The number of anilines is 1. The van der Waals surface area contributed by atoms with E-state index in [1.165, 1.54) is 12.5 Å². The van der Waals surface area contributed by atoms with Gasteiger partial charge in [0.05, 0.1) is 13.7 Å². The van der Waals surface area contributed by atoms with Gasteiger partial charge in [-0.25, -0.2) is 0 Å². The van der Waals surface area contributed by atoms with E-state index in [0.29, 0.717) is 6.54 Å². The quantitative estimate of drug-likeness (QED) is 0.812. The van der Waals surface area contributed by atoms with Crippen molar-refractivity contribution in [3.8, 4) is 5.75 Å². The molecule has 0 radical (unpaired) electrons. The molecule has 1 N–H and O–H groups in total. The number of para-hydroxylation sites is 1. The number of nitrogens with zero attached hydrogens (tertiary/aromatic N) is 1. The maximum Gasteiger partial charge on any atom is 0.254 e. The van der Waals surface area contributed by atoms with E-state index in [-0.39, 0.29) is 11.8 Å². The van der Waals surface area contributed by atoms with Crippen molar-refractivity contribution in [3.05, 3.63) is 59.2 Å². The number of ether oxygens (including phenoxy) is 1. The molecule has 2 aromatic rings. The van der Waals surface area contributed by atoms with E-state index in [0.717, 1.165) is 41.8 Å². The molecule has 1 aliphatic rings. The molecule has 3 rings (SSSR count). The molecule has 1 atom stereocenters. The van der Waals surface area contributed by atoms with Gasteiger partial charge in [-0.3, -0.25) is 9.59 Å². The molecule has 5 nitrogen and oxygen atoms in total. The Balaban J connectivity index is 1.96. The van der Waals surface area contributed by atoms with Crippen LogP contribution in [0.5, 0.6) is 5.75 Å². The molecule has 5 heteroatoms. The SMILES string of the molecule is CCCCc1ccc2c(c1)[C@@H](NC(C)=O)C(=O)N2Cc1ccccc1OC. The minimum atomic E-state index is -0.631. The predicted molar refractivity (Wildman–Crippen MR) is 106 cm³/mol. The maximum atomic E-state index is 13.1. The van der Waals surface area contributed by atoms with Gasteiger partial charge in [-0.05, 0) is 30.5 Å². The van der Waals surface area contributed by atoms with Crippen molar-refractivity contribution in [2.75, 3.05) is 12.0 Å². The number of nitrogens with one attached hydrogen (secondary N) is 1. The highest BCUT2D eigenvalue weighted by atomic mass is 16.5. The van der Waals surface area contributed by atoms with Crippen LogP contribution in [0.25, 0.3) is 0 Å². The molecule has 0 aliphatic carbocycles. The largest absolute Gasteiger partial charge is 0.496 e. The van der Waals surface area contributed by atoms with Crippen LogP contribution in [0.4, 0.5) is 5.69 Å². The number of aryl methyl sites for hydroxylation is 1. The standard InChI is InChI=1S/C22H26N2O3/c1-4-5-8-16-11-12-19-18(13-16)21(23-15(2)25)22(26)24(19)14-17-9-6-7-10-20(17)27-3/h6-7,9-13,21H,4-5,8,14H2,1-3H3,(H,23,25)/t21-/m1/s1. The molecule has 2 aromatic carbocycles. The average Bonchev–Trinajstić information content (AvgIpc) is 2.91. The van der Waals surface area contributed by atoms with Gasteiger partial charge in [-0.15, -0.1) is 0 Å². The molecule has 0 unspecified atom stereocenters. The second kappa shape index (κ2) is 8.25. The van der Waals surface area contributed by atoms with Gasteiger partial charge < -0.3 is 15.0 Å². The summed E-state index contributed by atoms with van der Waals surface area (Å²) in [5.41, 5.74) is 3.85. The summed E-state index contributed by atoms with van der Waals surface area (Å²) in [5, 5.41) is 2.81. The first-order valence-electron chi connectivity index (χ1n) is 9.38. The Kier molecular flexibility index (Phi) is 5.79. The zero-order valence-electron chi connectivity index (χ0n) is 16.1. The zero-order valence-corrected chi connectivity index (χ0v) is 16.1. The molecule has 0 saturated heterocycles. The smallest absolute Gasteiger partial charge is 0.254 e. The highest BCUT2D eigenvalue weighted by molar-refractivity contribution is 6.06. The lowest BCUT2D eigenvalue weighted by molar-refractivity contribution is -0.126. The first-order chi connectivity index (χ1) is 13.0. The summed E-state index contributed by atoms with van der Waals surface area (Å²) in [4.78, 5) is 26.5. The van der Waals surface area contributed by atoms with Gasteiger partial charge in [0.2, 0.25) is 5.91 Å². The Bertz CT molecular complexity index is 847. The fraction of sp³-hybridized carbons (Fsp3) is 0.364. The second-order valence-electron chi connectivity index (χ2n) is 6.87. The number of fused-ring (bicyclic) bond motifs is 1. The number of methoxy groups -OCH3 is 1. The predicted octanol–water partition coefficient (Wildman–Crippen LogP) is 3.76. The van der Waals surface area contributed by atoms with Crippen LogP contribution in [0.3, 0.4) is 0 Å². The third-order valence-electron chi connectivity index (χ3n) is 4.89. The molecule has 0 spiro atoms. The normalized spacial score (nSPS) is 15.6. The van der Waals surface area contributed by atoms with Crippen molar-refractivity contribution in [1.29, 1.82) is 0 Å². The monoisotopic (exact) mass is 366 g/mol. The molecule has 27 heavy (non-hydrogen) atoms. The first-order valence-corrected chi connectivity index (χ1v) is 9.38.